The van der Waals surface area contributed by atoms with E-state index in [0.717, 1.165) is 30.4 Å². The smallest absolute Gasteiger partial charge is 0.0675 e. The fraction of sp³-hybridized carbons (Fsp3) is 0.600. The lowest BCUT2D eigenvalue weighted by molar-refractivity contribution is 0.0345. The Kier molecular flexibility index (Phi) is 3.35. The molecule has 3 heteroatoms. The zero-order valence-corrected chi connectivity index (χ0v) is 11.3. The number of benzene rings is 1. The third-order valence-corrected chi connectivity index (χ3v) is 4.83. The molecule has 1 aromatic rings. The van der Waals surface area contributed by atoms with Crippen LogP contribution in [0.25, 0.3) is 0 Å². The van der Waals surface area contributed by atoms with Crippen molar-refractivity contribution in [2.45, 2.75) is 31.8 Å². The first-order valence-corrected chi connectivity index (χ1v) is 7.18. The predicted molar refractivity (Wildman–Crippen MR) is 73.7 cm³/mol. The van der Waals surface area contributed by atoms with E-state index >= 15 is 0 Å². The Morgan fingerprint density at radius 3 is 2.78 bits per heavy atom. The van der Waals surface area contributed by atoms with E-state index in [1.54, 1.807) is 0 Å². The minimum absolute atomic E-state index is 0.103. The van der Waals surface area contributed by atoms with Gasteiger partial charge < -0.3 is 10.5 Å². The minimum Gasteiger partial charge on any atom is -0.377 e. The fourth-order valence-electron chi connectivity index (χ4n) is 3.24. The molecule has 1 aliphatic heterocycles. The maximum absolute atomic E-state index is 6.28. The van der Waals surface area contributed by atoms with E-state index in [9.17, 15) is 0 Å². The third-order valence-electron chi connectivity index (χ3n) is 4.46. The van der Waals surface area contributed by atoms with E-state index in [2.05, 4.69) is 6.07 Å². The van der Waals surface area contributed by atoms with Crippen LogP contribution in [-0.4, -0.2) is 19.3 Å². The van der Waals surface area contributed by atoms with Crippen molar-refractivity contribution in [1.29, 1.82) is 0 Å². The van der Waals surface area contributed by atoms with Gasteiger partial charge in [-0.15, -0.1) is 0 Å². The highest BCUT2D eigenvalue weighted by Crippen LogP contribution is 2.49. The van der Waals surface area contributed by atoms with Gasteiger partial charge in [-0.1, -0.05) is 29.8 Å². The van der Waals surface area contributed by atoms with Gasteiger partial charge in [0.25, 0.3) is 0 Å². The summed E-state index contributed by atoms with van der Waals surface area (Å²) in [6.07, 6.45) is 4.96. The molecule has 0 spiro atoms. The Balaban J connectivity index is 1.85. The average Bonchev–Trinajstić information content (AvgIpc) is 3.14. The molecule has 2 nitrogen and oxygen atoms in total. The van der Waals surface area contributed by atoms with Crippen LogP contribution in [0, 0.1) is 11.3 Å². The van der Waals surface area contributed by atoms with Crippen molar-refractivity contribution in [1.82, 2.24) is 0 Å². The van der Waals surface area contributed by atoms with E-state index in [4.69, 9.17) is 22.1 Å². The average molecular weight is 266 g/mol. The van der Waals surface area contributed by atoms with E-state index in [1.807, 2.05) is 18.2 Å². The van der Waals surface area contributed by atoms with Crippen LogP contribution < -0.4 is 5.73 Å². The number of ether oxygens (including phenoxy) is 1. The number of hydrogen-bond acceptors (Lipinski definition) is 2. The van der Waals surface area contributed by atoms with Crippen LogP contribution in [0.3, 0.4) is 0 Å². The number of hydrogen-bond donors (Lipinski definition) is 1. The van der Waals surface area contributed by atoms with Crippen molar-refractivity contribution in [2.24, 2.45) is 17.1 Å². The summed E-state index contributed by atoms with van der Waals surface area (Å²) < 4.78 is 5.97. The second-order valence-corrected chi connectivity index (χ2v) is 6.12. The molecule has 2 unspecified atom stereocenters. The predicted octanol–water partition coefficient (Wildman–Crippen LogP) is 3.03. The van der Waals surface area contributed by atoms with Crippen molar-refractivity contribution in [3.8, 4) is 0 Å². The van der Waals surface area contributed by atoms with Crippen LogP contribution in [0.2, 0.25) is 5.02 Å². The molecule has 2 N–H and O–H groups in total. The molecule has 1 aliphatic carbocycles. The third kappa shape index (κ3) is 2.18. The van der Waals surface area contributed by atoms with Gasteiger partial charge in [0.05, 0.1) is 6.10 Å². The van der Waals surface area contributed by atoms with Crippen LogP contribution >= 0.6 is 11.6 Å². The quantitative estimate of drug-likeness (QED) is 0.908. The number of rotatable bonds is 4. The van der Waals surface area contributed by atoms with Crippen LogP contribution in [0.5, 0.6) is 0 Å². The first-order valence-electron chi connectivity index (χ1n) is 6.80. The molecule has 0 bridgehead atoms. The monoisotopic (exact) mass is 265 g/mol. The number of halogens is 1. The largest absolute Gasteiger partial charge is 0.377 e. The molecule has 1 heterocycles. The zero-order chi connectivity index (χ0) is 12.6. The molecule has 2 fully saturated rings. The normalized spacial score (nSPS) is 31.8. The van der Waals surface area contributed by atoms with Crippen molar-refractivity contribution in [2.75, 3.05) is 13.2 Å². The van der Waals surface area contributed by atoms with Gasteiger partial charge in [0, 0.05) is 23.6 Å². The van der Waals surface area contributed by atoms with Crippen molar-refractivity contribution in [3.05, 3.63) is 34.9 Å². The Labute approximate surface area is 113 Å². The lowest BCUT2D eigenvalue weighted by Crippen LogP contribution is -2.41. The summed E-state index contributed by atoms with van der Waals surface area (Å²) in [4.78, 5) is 0. The van der Waals surface area contributed by atoms with Gasteiger partial charge in [0.15, 0.2) is 0 Å². The molecular weight excluding hydrogens is 246 g/mol. The summed E-state index contributed by atoms with van der Waals surface area (Å²) in [5, 5.41) is 0.853. The van der Waals surface area contributed by atoms with Gasteiger partial charge in [-0.25, -0.2) is 0 Å². The zero-order valence-electron chi connectivity index (χ0n) is 10.6. The highest BCUT2D eigenvalue weighted by Gasteiger charge is 2.50. The van der Waals surface area contributed by atoms with Crippen LogP contribution in [0.1, 0.15) is 24.8 Å². The first kappa shape index (κ1) is 12.5. The summed E-state index contributed by atoms with van der Waals surface area (Å²) in [5.41, 5.74) is 7.41. The molecule has 1 saturated carbocycles. The van der Waals surface area contributed by atoms with Gasteiger partial charge >= 0.3 is 0 Å². The number of nitrogens with two attached hydrogens (primary N) is 1. The molecular formula is C15H20ClNO. The summed E-state index contributed by atoms with van der Waals surface area (Å²) in [6.45, 7) is 1.54. The van der Waals surface area contributed by atoms with Gasteiger partial charge in [-0.3, -0.25) is 0 Å². The van der Waals surface area contributed by atoms with Gasteiger partial charge in [-0.05, 0) is 43.2 Å². The van der Waals surface area contributed by atoms with Crippen molar-refractivity contribution < 1.29 is 4.74 Å². The SMILES string of the molecule is NCC1(Cc2ccccc2Cl)CCOC1C1CC1. The van der Waals surface area contributed by atoms with E-state index < -0.39 is 0 Å². The highest BCUT2D eigenvalue weighted by molar-refractivity contribution is 6.31. The molecule has 1 saturated heterocycles. The highest BCUT2D eigenvalue weighted by atomic mass is 35.5. The summed E-state index contributed by atoms with van der Waals surface area (Å²) >= 11 is 6.28. The maximum atomic E-state index is 6.28. The molecule has 18 heavy (non-hydrogen) atoms. The summed E-state index contributed by atoms with van der Waals surface area (Å²) in [6, 6.07) is 8.10. The molecule has 0 aromatic heterocycles. The lowest BCUT2D eigenvalue weighted by atomic mass is 9.74. The van der Waals surface area contributed by atoms with Crippen LogP contribution in [0.4, 0.5) is 0 Å². The Hall–Kier alpha value is -0.570. The first-order chi connectivity index (χ1) is 8.75. The summed E-state index contributed by atoms with van der Waals surface area (Å²) in [5.74, 6) is 0.735. The van der Waals surface area contributed by atoms with E-state index in [1.165, 1.54) is 18.4 Å². The van der Waals surface area contributed by atoms with Crippen LogP contribution in [0.15, 0.2) is 24.3 Å². The molecule has 0 radical (unpaired) electrons. The van der Waals surface area contributed by atoms with E-state index in [-0.39, 0.29) is 5.41 Å². The van der Waals surface area contributed by atoms with E-state index in [0.29, 0.717) is 12.6 Å². The minimum atomic E-state index is 0.103. The molecule has 2 aliphatic rings. The molecule has 0 amide bonds. The van der Waals surface area contributed by atoms with Crippen LogP contribution in [-0.2, 0) is 11.2 Å². The Morgan fingerprint density at radius 1 is 1.33 bits per heavy atom. The second kappa shape index (κ2) is 4.84. The van der Waals surface area contributed by atoms with Crippen molar-refractivity contribution >= 4 is 11.6 Å². The molecule has 98 valence electrons. The maximum Gasteiger partial charge on any atom is 0.0675 e. The second-order valence-electron chi connectivity index (χ2n) is 5.71. The molecule has 3 rings (SSSR count). The van der Waals surface area contributed by atoms with Gasteiger partial charge in [0.1, 0.15) is 0 Å². The van der Waals surface area contributed by atoms with Gasteiger partial charge in [-0.2, -0.15) is 0 Å². The fourth-order valence-corrected chi connectivity index (χ4v) is 3.45. The molecule has 2 atom stereocenters. The lowest BCUT2D eigenvalue weighted by Gasteiger charge is -2.33. The topological polar surface area (TPSA) is 35.2 Å². The standard InChI is InChI=1S/C15H20ClNO/c16-13-4-2-1-3-12(13)9-15(10-17)7-8-18-14(15)11-5-6-11/h1-4,11,14H,5-10,17H2. The molecule has 1 aromatic carbocycles. The summed E-state index contributed by atoms with van der Waals surface area (Å²) in [7, 11) is 0. The Morgan fingerprint density at radius 2 is 2.11 bits per heavy atom. The van der Waals surface area contributed by atoms with Gasteiger partial charge in [0.2, 0.25) is 0 Å². The Bertz CT molecular complexity index is 432. The van der Waals surface area contributed by atoms with Crippen molar-refractivity contribution in [3.63, 3.8) is 0 Å².